The van der Waals surface area contributed by atoms with Crippen molar-refractivity contribution in [3.05, 3.63) is 23.4 Å². The fourth-order valence-corrected chi connectivity index (χ4v) is 2.30. The lowest BCUT2D eigenvalue weighted by atomic mass is 10.1. The molecule has 1 unspecified atom stereocenters. The third-order valence-corrected chi connectivity index (χ3v) is 3.69. The van der Waals surface area contributed by atoms with Crippen molar-refractivity contribution in [1.82, 2.24) is 4.98 Å². The second-order valence-corrected chi connectivity index (χ2v) is 5.37. The molecule has 1 aromatic rings. The van der Waals surface area contributed by atoms with Crippen LogP contribution in [0.4, 0.5) is 5.82 Å². The van der Waals surface area contributed by atoms with Crippen LogP contribution < -0.4 is 10.6 Å². The first-order valence-corrected chi connectivity index (χ1v) is 7.38. The van der Waals surface area contributed by atoms with E-state index in [0.29, 0.717) is 12.6 Å². The van der Waals surface area contributed by atoms with Gasteiger partial charge in [-0.3, -0.25) is 0 Å². The van der Waals surface area contributed by atoms with E-state index in [0.717, 1.165) is 23.5 Å². The van der Waals surface area contributed by atoms with E-state index in [4.69, 9.17) is 5.73 Å². The highest BCUT2D eigenvalue weighted by Gasteiger charge is 2.14. The predicted molar refractivity (Wildman–Crippen MR) is 77.7 cm³/mol. The molecule has 3 nitrogen and oxygen atoms in total. The first-order valence-electron chi connectivity index (χ1n) is 5.98. The molecule has 1 rings (SSSR count). The zero-order valence-corrected chi connectivity index (χ0v) is 12.0. The first kappa shape index (κ1) is 14.3. The van der Waals surface area contributed by atoms with E-state index in [1.807, 2.05) is 24.8 Å². The Balaban J connectivity index is 2.86. The first-order chi connectivity index (χ1) is 8.10. The van der Waals surface area contributed by atoms with Gasteiger partial charge in [0.15, 0.2) is 0 Å². The highest BCUT2D eigenvalue weighted by molar-refractivity contribution is 7.98. The number of nitrogens with two attached hydrogens (primary N) is 1. The largest absolute Gasteiger partial charge is 0.357 e. The highest BCUT2D eigenvalue weighted by atomic mass is 32.2. The fourth-order valence-electron chi connectivity index (χ4n) is 1.73. The van der Waals surface area contributed by atoms with E-state index in [2.05, 4.69) is 36.2 Å². The third kappa shape index (κ3) is 3.89. The lowest BCUT2D eigenvalue weighted by Gasteiger charge is -2.28. The highest BCUT2D eigenvalue weighted by Crippen LogP contribution is 2.20. The van der Waals surface area contributed by atoms with Crippen molar-refractivity contribution in [2.45, 2.75) is 32.9 Å². The van der Waals surface area contributed by atoms with Crippen LogP contribution in [0.2, 0.25) is 0 Å². The summed E-state index contributed by atoms with van der Waals surface area (Å²) >= 11 is 1.88. The SMILES string of the molecule is CSCCC(C)N(C)c1nc(C)ccc1CN. The van der Waals surface area contributed by atoms with E-state index in [9.17, 15) is 0 Å². The van der Waals surface area contributed by atoms with Crippen LogP contribution in [0.3, 0.4) is 0 Å². The van der Waals surface area contributed by atoms with Gasteiger partial charge in [-0.1, -0.05) is 6.07 Å². The van der Waals surface area contributed by atoms with Crippen molar-refractivity contribution in [3.8, 4) is 0 Å². The molecule has 17 heavy (non-hydrogen) atoms. The van der Waals surface area contributed by atoms with Crippen LogP contribution >= 0.6 is 11.8 Å². The molecule has 0 aliphatic carbocycles. The van der Waals surface area contributed by atoms with Crippen molar-refractivity contribution in [2.75, 3.05) is 24.0 Å². The van der Waals surface area contributed by atoms with Crippen LogP contribution in [0.1, 0.15) is 24.6 Å². The Morgan fingerprint density at radius 3 is 2.76 bits per heavy atom. The van der Waals surface area contributed by atoms with Crippen molar-refractivity contribution in [2.24, 2.45) is 5.73 Å². The van der Waals surface area contributed by atoms with Crippen molar-refractivity contribution in [3.63, 3.8) is 0 Å². The number of aromatic nitrogens is 1. The Kier molecular flexibility index (Phi) is 5.78. The van der Waals surface area contributed by atoms with E-state index in [1.165, 1.54) is 5.75 Å². The molecule has 0 aliphatic heterocycles. The van der Waals surface area contributed by atoms with Crippen molar-refractivity contribution in [1.29, 1.82) is 0 Å². The summed E-state index contributed by atoms with van der Waals surface area (Å²) in [5.41, 5.74) is 7.93. The zero-order valence-electron chi connectivity index (χ0n) is 11.2. The normalized spacial score (nSPS) is 12.5. The lowest BCUT2D eigenvalue weighted by Crippen LogP contribution is -2.31. The molecule has 0 radical (unpaired) electrons. The van der Waals surface area contributed by atoms with Crippen molar-refractivity contribution < 1.29 is 0 Å². The van der Waals surface area contributed by atoms with Gasteiger partial charge in [-0.25, -0.2) is 4.98 Å². The molecule has 0 saturated heterocycles. The molecule has 0 fully saturated rings. The van der Waals surface area contributed by atoms with Gasteiger partial charge in [-0.2, -0.15) is 11.8 Å². The minimum atomic E-state index is 0.488. The average molecular weight is 253 g/mol. The van der Waals surface area contributed by atoms with E-state index < -0.39 is 0 Å². The van der Waals surface area contributed by atoms with E-state index in [-0.39, 0.29) is 0 Å². The molecule has 0 aliphatic rings. The van der Waals surface area contributed by atoms with Gasteiger partial charge in [0, 0.05) is 30.9 Å². The van der Waals surface area contributed by atoms with Gasteiger partial charge in [0.2, 0.25) is 0 Å². The summed E-state index contributed by atoms with van der Waals surface area (Å²) in [5, 5.41) is 0. The summed E-state index contributed by atoms with van der Waals surface area (Å²) in [6.07, 6.45) is 3.31. The molecule has 96 valence electrons. The Bertz CT molecular complexity index is 355. The average Bonchev–Trinajstić information content (AvgIpc) is 2.34. The molecule has 1 atom stereocenters. The summed E-state index contributed by atoms with van der Waals surface area (Å²) in [7, 11) is 2.10. The number of nitrogens with zero attached hydrogens (tertiary/aromatic N) is 2. The van der Waals surface area contributed by atoms with Crippen LogP contribution in [-0.4, -0.2) is 30.1 Å². The third-order valence-electron chi connectivity index (χ3n) is 3.05. The van der Waals surface area contributed by atoms with Crippen LogP contribution in [0, 0.1) is 6.92 Å². The molecule has 1 aromatic heterocycles. The minimum absolute atomic E-state index is 0.488. The number of aryl methyl sites for hydroxylation is 1. The second-order valence-electron chi connectivity index (χ2n) is 4.38. The maximum Gasteiger partial charge on any atom is 0.133 e. The van der Waals surface area contributed by atoms with Gasteiger partial charge >= 0.3 is 0 Å². The van der Waals surface area contributed by atoms with Crippen molar-refractivity contribution >= 4 is 17.6 Å². The number of rotatable bonds is 6. The summed E-state index contributed by atoms with van der Waals surface area (Å²) < 4.78 is 0. The molecule has 0 amide bonds. The van der Waals surface area contributed by atoms with Gasteiger partial charge in [-0.15, -0.1) is 0 Å². The van der Waals surface area contributed by atoms with Gasteiger partial charge in [0.1, 0.15) is 5.82 Å². The van der Waals surface area contributed by atoms with Crippen LogP contribution in [0.15, 0.2) is 12.1 Å². The van der Waals surface area contributed by atoms with Gasteiger partial charge in [-0.05, 0) is 38.3 Å². The molecular formula is C13H23N3S. The molecule has 0 spiro atoms. The minimum Gasteiger partial charge on any atom is -0.357 e. The Labute approximate surface area is 109 Å². The maximum absolute atomic E-state index is 5.77. The summed E-state index contributed by atoms with van der Waals surface area (Å²) in [6.45, 7) is 4.80. The summed E-state index contributed by atoms with van der Waals surface area (Å²) in [4.78, 5) is 6.85. The van der Waals surface area contributed by atoms with Crippen LogP contribution in [0.5, 0.6) is 0 Å². The topological polar surface area (TPSA) is 42.2 Å². The smallest absolute Gasteiger partial charge is 0.133 e. The number of thioether (sulfide) groups is 1. The van der Waals surface area contributed by atoms with Crippen LogP contribution in [-0.2, 0) is 6.54 Å². The predicted octanol–water partition coefficient (Wildman–Crippen LogP) is 2.43. The van der Waals surface area contributed by atoms with Gasteiger partial charge in [0.05, 0.1) is 0 Å². The number of hydrogen-bond acceptors (Lipinski definition) is 4. The monoisotopic (exact) mass is 253 g/mol. The molecule has 0 aromatic carbocycles. The second kappa shape index (κ2) is 6.87. The Morgan fingerprint density at radius 1 is 1.47 bits per heavy atom. The molecular weight excluding hydrogens is 230 g/mol. The van der Waals surface area contributed by atoms with Gasteiger partial charge in [0.25, 0.3) is 0 Å². The Hall–Kier alpha value is -0.740. The van der Waals surface area contributed by atoms with E-state index in [1.54, 1.807) is 0 Å². The Morgan fingerprint density at radius 2 is 2.18 bits per heavy atom. The van der Waals surface area contributed by atoms with E-state index >= 15 is 0 Å². The molecule has 2 N–H and O–H groups in total. The number of anilines is 1. The summed E-state index contributed by atoms with van der Waals surface area (Å²) in [5.74, 6) is 2.20. The standard InChI is InChI=1S/C13H23N3S/c1-10-5-6-12(9-14)13(15-10)16(3)11(2)7-8-17-4/h5-6,11H,7-9,14H2,1-4H3. The maximum atomic E-state index is 5.77. The van der Waals surface area contributed by atoms with Gasteiger partial charge < -0.3 is 10.6 Å². The van der Waals surface area contributed by atoms with Crippen LogP contribution in [0.25, 0.3) is 0 Å². The molecule has 0 saturated carbocycles. The molecule has 1 heterocycles. The summed E-state index contributed by atoms with van der Waals surface area (Å²) in [6, 6.07) is 4.59. The quantitative estimate of drug-likeness (QED) is 0.845. The number of pyridine rings is 1. The lowest BCUT2D eigenvalue weighted by molar-refractivity contribution is 0.658. The fraction of sp³-hybridized carbons (Fsp3) is 0.615. The molecule has 0 bridgehead atoms. The zero-order chi connectivity index (χ0) is 12.8. The molecule has 4 heteroatoms. The number of hydrogen-bond donors (Lipinski definition) is 1.